The quantitative estimate of drug-likeness (QED) is 0.500. The van der Waals surface area contributed by atoms with Crippen molar-refractivity contribution in [2.75, 3.05) is 32.8 Å². The van der Waals surface area contributed by atoms with Crippen LogP contribution in [0.3, 0.4) is 0 Å². The standard InChI is InChI=1S/C24H30N4O4/c1-24(2,3)16-21(29)25-18-7-6-8-19(15-18)28-22(17-9-11-20(31-5)12-10-17)26-23(27-28)32-14-13-30-4/h6-12,15H,13-14,16H2,1-5H3,(H,25,29). The third-order valence-electron chi connectivity index (χ3n) is 4.52. The number of hydrogen-bond acceptors (Lipinski definition) is 6. The first kappa shape index (κ1) is 23.3. The van der Waals surface area contributed by atoms with Gasteiger partial charge in [-0.2, -0.15) is 4.98 Å². The van der Waals surface area contributed by atoms with Crippen molar-refractivity contribution in [3.8, 4) is 28.8 Å². The van der Waals surface area contributed by atoms with Gasteiger partial charge in [0.15, 0.2) is 5.82 Å². The molecule has 1 N–H and O–H groups in total. The van der Waals surface area contributed by atoms with Gasteiger partial charge in [-0.15, -0.1) is 5.10 Å². The van der Waals surface area contributed by atoms with Crippen LogP contribution in [-0.2, 0) is 9.53 Å². The van der Waals surface area contributed by atoms with Crippen LogP contribution in [0.2, 0.25) is 0 Å². The third kappa shape index (κ3) is 6.31. The second kappa shape index (κ2) is 10.3. The largest absolute Gasteiger partial charge is 0.497 e. The Morgan fingerprint density at radius 2 is 1.81 bits per heavy atom. The summed E-state index contributed by atoms with van der Waals surface area (Å²) in [6.45, 7) is 6.87. The van der Waals surface area contributed by atoms with Crippen molar-refractivity contribution in [2.24, 2.45) is 5.41 Å². The number of aromatic nitrogens is 3. The Balaban J connectivity index is 1.93. The zero-order chi connectivity index (χ0) is 23.1. The molecule has 0 aliphatic carbocycles. The van der Waals surface area contributed by atoms with Gasteiger partial charge in [0, 0.05) is 24.8 Å². The smallest absolute Gasteiger partial charge is 0.336 e. The summed E-state index contributed by atoms with van der Waals surface area (Å²) in [6, 6.07) is 15.3. The summed E-state index contributed by atoms with van der Waals surface area (Å²) >= 11 is 0. The predicted molar refractivity (Wildman–Crippen MR) is 123 cm³/mol. The van der Waals surface area contributed by atoms with Gasteiger partial charge in [-0.3, -0.25) is 4.79 Å². The number of methoxy groups -OCH3 is 2. The zero-order valence-electron chi connectivity index (χ0n) is 19.2. The highest BCUT2D eigenvalue weighted by molar-refractivity contribution is 5.91. The molecule has 3 aromatic rings. The molecule has 0 bridgehead atoms. The molecule has 0 atom stereocenters. The van der Waals surface area contributed by atoms with E-state index in [0.717, 1.165) is 17.0 Å². The van der Waals surface area contributed by atoms with Gasteiger partial charge < -0.3 is 19.5 Å². The van der Waals surface area contributed by atoms with E-state index in [9.17, 15) is 4.79 Å². The van der Waals surface area contributed by atoms with Gasteiger partial charge in [0.05, 0.1) is 19.4 Å². The normalized spacial score (nSPS) is 11.3. The molecule has 8 heteroatoms. The molecule has 8 nitrogen and oxygen atoms in total. The lowest BCUT2D eigenvalue weighted by Crippen LogP contribution is -2.19. The molecule has 2 aromatic carbocycles. The van der Waals surface area contributed by atoms with Crippen molar-refractivity contribution in [1.29, 1.82) is 0 Å². The van der Waals surface area contributed by atoms with E-state index < -0.39 is 0 Å². The maximum atomic E-state index is 12.4. The number of anilines is 1. The fraction of sp³-hybridized carbons (Fsp3) is 0.375. The summed E-state index contributed by atoms with van der Waals surface area (Å²) in [7, 11) is 3.23. The summed E-state index contributed by atoms with van der Waals surface area (Å²) in [5.74, 6) is 1.32. The van der Waals surface area contributed by atoms with Crippen LogP contribution < -0.4 is 14.8 Å². The van der Waals surface area contributed by atoms with E-state index in [1.54, 1.807) is 18.9 Å². The molecule has 0 saturated carbocycles. The molecule has 170 valence electrons. The molecule has 0 aliphatic heterocycles. The Hall–Kier alpha value is -3.39. The van der Waals surface area contributed by atoms with Crippen LogP contribution >= 0.6 is 0 Å². The molecule has 0 saturated heterocycles. The molecule has 1 heterocycles. The average Bonchev–Trinajstić information content (AvgIpc) is 3.17. The molecule has 0 spiro atoms. The topological polar surface area (TPSA) is 87.5 Å². The number of carbonyl (C=O) groups is 1. The van der Waals surface area contributed by atoms with Gasteiger partial charge >= 0.3 is 6.01 Å². The van der Waals surface area contributed by atoms with E-state index in [1.807, 2.05) is 69.3 Å². The minimum atomic E-state index is -0.0937. The van der Waals surface area contributed by atoms with Gasteiger partial charge in [0.1, 0.15) is 12.4 Å². The summed E-state index contributed by atoms with van der Waals surface area (Å²) in [5, 5.41) is 7.50. The van der Waals surface area contributed by atoms with Crippen LogP contribution in [0.25, 0.3) is 17.1 Å². The van der Waals surface area contributed by atoms with Crippen LogP contribution in [0.15, 0.2) is 48.5 Å². The molecular weight excluding hydrogens is 408 g/mol. The van der Waals surface area contributed by atoms with E-state index in [2.05, 4.69) is 15.4 Å². The third-order valence-corrected chi connectivity index (χ3v) is 4.52. The Morgan fingerprint density at radius 1 is 1.06 bits per heavy atom. The fourth-order valence-corrected chi connectivity index (χ4v) is 3.08. The monoisotopic (exact) mass is 438 g/mol. The van der Waals surface area contributed by atoms with Crippen LogP contribution in [0, 0.1) is 5.41 Å². The van der Waals surface area contributed by atoms with Crippen molar-refractivity contribution in [2.45, 2.75) is 27.2 Å². The molecule has 0 unspecified atom stereocenters. The maximum Gasteiger partial charge on any atom is 0.336 e. The highest BCUT2D eigenvalue weighted by Crippen LogP contribution is 2.27. The number of benzene rings is 2. The molecule has 32 heavy (non-hydrogen) atoms. The Labute approximate surface area is 188 Å². The van der Waals surface area contributed by atoms with Gasteiger partial charge in [-0.1, -0.05) is 26.8 Å². The zero-order valence-corrected chi connectivity index (χ0v) is 19.2. The SMILES string of the molecule is COCCOc1nc(-c2ccc(OC)cc2)n(-c2cccc(NC(=O)CC(C)(C)C)c2)n1. The van der Waals surface area contributed by atoms with Crippen molar-refractivity contribution < 1.29 is 19.0 Å². The van der Waals surface area contributed by atoms with Gasteiger partial charge in [-0.05, 0) is 47.9 Å². The van der Waals surface area contributed by atoms with E-state index in [0.29, 0.717) is 31.1 Å². The lowest BCUT2D eigenvalue weighted by atomic mass is 9.92. The number of hydrogen-bond donors (Lipinski definition) is 1. The van der Waals surface area contributed by atoms with Crippen molar-refractivity contribution in [1.82, 2.24) is 14.8 Å². The van der Waals surface area contributed by atoms with E-state index in [4.69, 9.17) is 14.2 Å². The van der Waals surface area contributed by atoms with Crippen molar-refractivity contribution >= 4 is 11.6 Å². The van der Waals surface area contributed by atoms with E-state index in [-0.39, 0.29) is 17.3 Å². The predicted octanol–water partition coefficient (Wildman–Crippen LogP) is 4.34. The number of rotatable bonds is 9. The number of carbonyl (C=O) groups excluding carboxylic acids is 1. The second-order valence-corrected chi connectivity index (χ2v) is 8.54. The highest BCUT2D eigenvalue weighted by atomic mass is 16.5. The van der Waals surface area contributed by atoms with Crippen LogP contribution in [0.1, 0.15) is 27.2 Å². The van der Waals surface area contributed by atoms with Crippen molar-refractivity contribution in [3.05, 3.63) is 48.5 Å². The van der Waals surface area contributed by atoms with Crippen LogP contribution in [0.4, 0.5) is 5.69 Å². The molecule has 0 radical (unpaired) electrons. The lowest BCUT2D eigenvalue weighted by Gasteiger charge is -2.17. The number of ether oxygens (including phenoxy) is 3. The molecule has 1 aromatic heterocycles. The molecule has 3 rings (SSSR count). The summed E-state index contributed by atoms with van der Waals surface area (Å²) in [4.78, 5) is 17.0. The van der Waals surface area contributed by atoms with Gasteiger partial charge in [0.25, 0.3) is 0 Å². The van der Waals surface area contributed by atoms with E-state index in [1.165, 1.54) is 0 Å². The average molecular weight is 439 g/mol. The molecule has 0 fully saturated rings. The van der Waals surface area contributed by atoms with Crippen LogP contribution in [-0.4, -0.2) is 48.1 Å². The Kier molecular flexibility index (Phi) is 7.48. The second-order valence-electron chi connectivity index (χ2n) is 8.54. The Bertz CT molecular complexity index is 1040. The first-order valence-corrected chi connectivity index (χ1v) is 10.4. The summed E-state index contributed by atoms with van der Waals surface area (Å²) in [5.41, 5.74) is 2.19. The summed E-state index contributed by atoms with van der Waals surface area (Å²) in [6.07, 6.45) is 0.426. The first-order valence-electron chi connectivity index (χ1n) is 10.4. The van der Waals surface area contributed by atoms with Crippen LogP contribution in [0.5, 0.6) is 11.8 Å². The van der Waals surface area contributed by atoms with Crippen molar-refractivity contribution in [3.63, 3.8) is 0 Å². The minimum Gasteiger partial charge on any atom is -0.497 e. The number of nitrogens with zero attached hydrogens (tertiary/aromatic N) is 3. The van der Waals surface area contributed by atoms with Gasteiger partial charge in [0.2, 0.25) is 5.91 Å². The number of amides is 1. The summed E-state index contributed by atoms with van der Waals surface area (Å²) < 4.78 is 17.6. The van der Waals surface area contributed by atoms with Gasteiger partial charge in [-0.25, -0.2) is 4.68 Å². The minimum absolute atomic E-state index is 0.0350. The van der Waals surface area contributed by atoms with E-state index >= 15 is 0 Å². The molecule has 1 amide bonds. The number of nitrogens with one attached hydrogen (secondary N) is 1. The Morgan fingerprint density at radius 3 is 2.47 bits per heavy atom. The maximum absolute atomic E-state index is 12.4. The highest BCUT2D eigenvalue weighted by Gasteiger charge is 2.18. The lowest BCUT2D eigenvalue weighted by molar-refractivity contribution is -0.117. The molecular formula is C24H30N4O4. The fourth-order valence-electron chi connectivity index (χ4n) is 3.08. The molecule has 0 aliphatic rings. The first-order chi connectivity index (χ1) is 15.3.